The first-order valence-corrected chi connectivity index (χ1v) is 2.27. The van der Waals surface area contributed by atoms with E-state index in [1.165, 1.54) is 5.94 Å². The SMILES string of the molecule is CC1(C)OC(=C=O)O1. The molecule has 0 spiro atoms. The number of rotatable bonds is 0. The first kappa shape index (κ1) is 5.19. The summed E-state index contributed by atoms with van der Waals surface area (Å²) in [6.45, 7) is 3.43. The first-order valence-electron chi connectivity index (χ1n) is 2.27. The van der Waals surface area contributed by atoms with E-state index in [1.807, 2.05) is 0 Å². The van der Waals surface area contributed by atoms with Crippen LogP contribution in [-0.4, -0.2) is 11.7 Å². The van der Waals surface area contributed by atoms with Gasteiger partial charge in [-0.05, 0) is 0 Å². The van der Waals surface area contributed by atoms with Crippen molar-refractivity contribution in [1.82, 2.24) is 0 Å². The summed E-state index contributed by atoms with van der Waals surface area (Å²) in [5, 5.41) is 0. The Balaban J connectivity index is 2.54. The molecule has 1 aliphatic heterocycles. The normalized spacial score (nSPS) is 22.0. The molecule has 1 heterocycles. The molecule has 3 heteroatoms. The Bertz CT molecular complexity index is 143. The van der Waals surface area contributed by atoms with Crippen LogP contribution in [0.4, 0.5) is 0 Å². The molecule has 1 fully saturated rings. The molecule has 0 aromatic heterocycles. The van der Waals surface area contributed by atoms with Crippen molar-refractivity contribution in [3.8, 4) is 0 Å². The van der Waals surface area contributed by atoms with Gasteiger partial charge in [0.1, 0.15) is 0 Å². The maximum atomic E-state index is 9.66. The molecule has 0 amide bonds. The van der Waals surface area contributed by atoms with Crippen LogP contribution in [0.2, 0.25) is 0 Å². The second kappa shape index (κ2) is 1.26. The molecular weight excluding hydrogens is 108 g/mol. The molecule has 0 atom stereocenters. The summed E-state index contributed by atoms with van der Waals surface area (Å²) >= 11 is 0. The van der Waals surface area contributed by atoms with E-state index in [9.17, 15) is 4.79 Å². The molecule has 0 unspecified atom stereocenters. The van der Waals surface area contributed by atoms with Crippen LogP contribution in [0.3, 0.4) is 0 Å². The van der Waals surface area contributed by atoms with Crippen molar-refractivity contribution < 1.29 is 14.3 Å². The molecular formula is C5H6O3. The summed E-state index contributed by atoms with van der Waals surface area (Å²) in [6.07, 6.45) is 0. The number of carbonyl (C=O) groups excluding carboxylic acids is 1. The zero-order valence-electron chi connectivity index (χ0n) is 4.72. The summed E-state index contributed by atoms with van der Waals surface area (Å²) in [4.78, 5) is 9.66. The maximum Gasteiger partial charge on any atom is 0.376 e. The molecule has 0 bridgehead atoms. The Labute approximate surface area is 46.9 Å². The monoisotopic (exact) mass is 114 g/mol. The van der Waals surface area contributed by atoms with Gasteiger partial charge in [0, 0.05) is 13.8 Å². The van der Waals surface area contributed by atoms with E-state index < -0.39 is 5.79 Å². The van der Waals surface area contributed by atoms with Crippen LogP contribution in [0, 0.1) is 0 Å². The van der Waals surface area contributed by atoms with E-state index in [1.54, 1.807) is 13.8 Å². The Morgan fingerprint density at radius 3 is 2.12 bits per heavy atom. The van der Waals surface area contributed by atoms with Crippen molar-refractivity contribution in [3.63, 3.8) is 0 Å². The quantitative estimate of drug-likeness (QED) is 0.429. The number of ether oxygens (including phenoxy) is 2. The molecule has 0 radical (unpaired) electrons. The van der Waals surface area contributed by atoms with Crippen LogP contribution < -0.4 is 0 Å². The lowest BCUT2D eigenvalue weighted by molar-refractivity contribution is -0.309. The Morgan fingerprint density at radius 1 is 1.50 bits per heavy atom. The van der Waals surface area contributed by atoms with Crippen LogP contribution in [-0.2, 0) is 14.3 Å². The highest BCUT2D eigenvalue weighted by Gasteiger charge is 2.36. The van der Waals surface area contributed by atoms with Gasteiger partial charge in [0.15, 0.2) is 0 Å². The lowest BCUT2D eigenvalue weighted by atomic mass is 10.3. The summed E-state index contributed by atoms with van der Waals surface area (Å²) in [7, 11) is 0. The van der Waals surface area contributed by atoms with Crippen LogP contribution in [0.15, 0.2) is 5.95 Å². The van der Waals surface area contributed by atoms with Gasteiger partial charge in [-0.15, -0.1) is 0 Å². The number of hydrogen-bond donors (Lipinski definition) is 0. The smallest absolute Gasteiger partial charge is 0.376 e. The van der Waals surface area contributed by atoms with Crippen LogP contribution in [0.1, 0.15) is 13.8 Å². The molecule has 0 aromatic rings. The summed E-state index contributed by atoms with van der Waals surface area (Å²) in [5.41, 5.74) is 0. The van der Waals surface area contributed by atoms with Gasteiger partial charge in [-0.3, -0.25) is 0 Å². The molecule has 1 saturated heterocycles. The minimum absolute atomic E-state index is 0.0463. The number of hydrogen-bond acceptors (Lipinski definition) is 3. The largest absolute Gasteiger partial charge is 0.414 e. The zero-order valence-corrected chi connectivity index (χ0v) is 4.72. The molecule has 0 N–H and O–H groups in total. The van der Waals surface area contributed by atoms with E-state index in [2.05, 4.69) is 0 Å². The third-order valence-electron chi connectivity index (χ3n) is 0.760. The standard InChI is InChI=1S/C5H6O3/c1-5(2)7-4(3-6)8-5/h1-2H3. The highest BCUT2D eigenvalue weighted by molar-refractivity contribution is 5.48. The third kappa shape index (κ3) is 0.678. The highest BCUT2D eigenvalue weighted by atomic mass is 16.9. The maximum absolute atomic E-state index is 9.66. The second-order valence-electron chi connectivity index (χ2n) is 1.99. The molecule has 0 saturated carbocycles. The highest BCUT2D eigenvalue weighted by Crippen LogP contribution is 2.28. The molecule has 3 nitrogen and oxygen atoms in total. The van der Waals surface area contributed by atoms with Crippen molar-refractivity contribution in [1.29, 1.82) is 0 Å². The second-order valence-corrected chi connectivity index (χ2v) is 1.99. The Morgan fingerprint density at radius 2 is 2.00 bits per heavy atom. The van der Waals surface area contributed by atoms with Gasteiger partial charge in [-0.2, -0.15) is 0 Å². The van der Waals surface area contributed by atoms with Gasteiger partial charge < -0.3 is 9.47 Å². The minimum Gasteiger partial charge on any atom is -0.414 e. The van der Waals surface area contributed by atoms with Gasteiger partial charge in [0.2, 0.25) is 5.94 Å². The molecule has 1 aliphatic rings. The Hall–Kier alpha value is -0.950. The van der Waals surface area contributed by atoms with E-state index in [0.717, 1.165) is 0 Å². The van der Waals surface area contributed by atoms with Crippen LogP contribution >= 0.6 is 0 Å². The van der Waals surface area contributed by atoms with Crippen LogP contribution in [0.5, 0.6) is 0 Å². The topological polar surface area (TPSA) is 35.5 Å². The fourth-order valence-electron chi connectivity index (χ4n) is 0.496. The molecule has 1 rings (SSSR count). The van der Waals surface area contributed by atoms with Crippen molar-refractivity contribution in [2.45, 2.75) is 19.6 Å². The molecule has 0 aliphatic carbocycles. The van der Waals surface area contributed by atoms with Crippen LogP contribution in [0.25, 0.3) is 0 Å². The zero-order chi connectivity index (χ0) is 6.20. The molecule has 8 heavy (non-hydrogen) atoms. The fraction of sp³-hybridized carbons (Fsp3) is 0.600. The average molecular weight is 114 g/mol. The summed E-state index contributed by atoms with van der Waals surface area (Å²) in [5.74, 6) is 0.829. The average Bonchev–Trinajstić information content (AvgIpc) is 1.60. The third-order valence-corrected chi connectivity index (χ3v) is 0.760. The molecule has 44 valence electrons. The van der Waals surface area contributed by atoms with Gasteiger partial charge >= 0.3 is 5.95 Å². The summed E-state index contributed by atoms with van der Waals surface area (Å²) in [6, 6.07) is 0. The predicted molar refractivity (Wildman–Crippen MR) is 25.5 cm³/mol. The Kier molecular flexibility index (Phi) is 0.820. The van der Waals surface area contributed by atoms with Gasteiger partial charge in [-0.25, -0.2) is 4.79 Å². The lowest BCUT2D eigenvalue weighted by Crippen LogP contribution is -2.38. The van der Waals surface area contributed by atoms with Crippen molar-refractivity contribution >= 4 is 5.94 Å². The first-order chi connectivity index (χ1) is 3.64. The van der Waals surface area contributed by atoms with Crippen molar-refractivity contribution in [3.05, 3.63) is 5.95 Å². The minimum atomic E-state index is -0.604. The van der Waals surface area contributed by atoms with Gasteiger partial charge in [0.25, 0.3) is 5.79 Å². The molecule has 0 aromatic carbocycles. The van der Waals surface area contributed by atoms with E-state index >= 15 is 0 Å². The summed E-state index contributed by atoms with van der Waals surface area (Å²) < 4.78 is 9.49. The van der Waals surface area contributed by atoms with E-state index in [4.69, 9.17) is 9.47 Å². The van der Waals surface area contributed by atoms with Crippen molar-refractivity contribution in [2.75, 3.05) is 0 Å². The van der Waals surface area contributed by atoms with Gasteiger partial charge in [0.05, 0.1) is 0 Å². The van der Waals surface area contributed by atoms with E-state index in [0.29, 0.717) is 0 Å². The van der Waals surface area contributed by atoms with Gasteiger partial charge in [-0.1, -0.05) is 0 Å². The fourth-order valence-corrected chi connectivity index (χ4v) is 0.496. The lowest BCUT2D eigenvalue weighted by Gasteiger charge is -2.35. The predicted octanol–water partition coefficient (Wildman–Crippen LogP) is 0.442. The van der Waals surface area contributed by atoms with E-state index in [-0.39, 0.29) is 5.95 Å². The van der Waals surface area contributed by atoms with Crippen molar-refractivity contribution in [2.24, 2.45) is 0 Å².